The minimum Gasteiger partial charge on any atom is -0.358 e. The van der Waals surface area contributed by atoms with Crippen LogP contribution in [0.3, 0.4) is 0 Å². The SMILES string of the molecule is C=CCC[C@@]1(C)OC1C(C)=O. The van der Waals surface area contributed by atoms with E-state index in [9.17, 15) is 4.79 Å². The van der Waals surface area contributed by atoms with Gasteiger partial charge in [-0.05, 0) is 26.7 Å². The highest BCUT2D eigenvalue weighted by Gasteiger charge is 2.54. The van der Waals surface area contributed by atoms with Crippen LogP contribution in [0, 0.1) is 0 Å². The Bertz CT molecular complexity index is 186. The van der Waals surface area contributed by atoms with Crippen LogP contribution in [0.15, 0.2) is 12.7 Å². The Morgan fingerprint density at radius 1 is 1.82 bits per heavy atom. The van der Waals surface area contributed by atoms with Crippen molar-refractivity contribution in [2.24, 2.45) is 0 Å². The molecule has 0 aromatic carbocycles. The topological polar surface area (TPSA) is 29.6 Å². The minimum atomic E-state index is -0.181. The van der Waals surface area contributed by atoms with Crippen molar-refractivity contribution in [2.45, 2.75) is 38.4 Å². The number of carbonyl (C=O) groups is 1. The predicted octanol–water partition coefficient (Wildman–Crippen LogP) is 1.70. The number of hydrogen-bond acceptors (Lipinski definition) is 2. The molecule has 0 bridgehead atoms. The number of ketones is 1. The van der Waals surface area contributed by atoms with Crippen molar-refractivity contribution >= 4 is 5.78 Å². The van der Waals surface area contributed by atoms with Gasteiger partial charge in [0.25, 0.3) is 0 Å². The summed E-state index contributed by atoms with van der Waals surface area (Å²) < 4.78 is 5.27. The lowest BCUT2D eigenvalue weighted by Crippen LogP contribution is -2.14. The maximum Gasteiger partial charge on any atom is 0.161 e. The van der Waals surface area contributed by atoms with Gasteiger partial charge in [0.15, 0.2) is 5.78 Å². The highest BCUT2D eigenvalue weighted by atomic mass is 16.6. The average Bonchev–Trinajstić information content (AvgIpc) is 2.60. The van der Waals surface area contributed by atoms with Crippen molar-refractivity contribution in [1.29, 1.82) is 0 Å². The monoisotopic (exact) mass is 154 g/mol. The van der Waals surface area contributed by atoms with E-state index in [4.69, 9.17) is 4.74 Å². The Morgan fingerprint density at radius 3 is 2.82 bits per heavy atom. The predicted molar refractivity (Wildman–Crippen MR) is 43.4 cm³/mol. The van der Waals surface area contributed by atoms with E-state index < -0.39 is 0 Å². The number of ether oxygens (including phenoxy) is 1. The molecule has 0 aromatic rings. The zero-order chi connectivity index (χ0) is 8.48. The highest BCUT2D eigenvalue weighted by molar-refractivity contribution is 5.84. The lowest BCUT2D eigenvalue weighted by Gasteiger charge is -2.00. The average molecular weight is 154 g/mol. The first kappa shape index (κ1) is 8.47. The van der Waals surface area contributed by atoms with Crippen LogP contribution in [-0.4, -0.2) is 17.5 Å². The first-order valence-corrected chi connectivity index (χ1v) is 3.89. The van der Waals surface area contributed by atoms with E-state index in [-0.39, 0.29) is 17.5 Å². The van der Waals surface area contributed by atoms with Crippen LogP contribution in [0.25, 0.3) is 0 Å². The molecule has 0 N–H and O–H groups in total. The van der Waals surface area contributed by atoms with Gasteiger partial charge >= 0.3 is 0 Å². The molecule has 0 aliphatic carbocycles. The molecule has 1 unspecified atom stereocenters. The standard InChI is InChI=1S/C9H14O2/c1-4-5-6-9(3)8(11-9)7(2)10/h4,8H,1,5-6H2,2-3H3/t8?,9-/m1/s1. The number of allylic oxidation sites excluding steroid dienone is 1. The van der Waals surface area contributed by atoms with Crippen molar-refractivity contribution in [2.75, 3.05) is 0 Å². The quantitative estimate of drug-likeness (QED) is 0.455. The molecule has 1 saturated heterocycles. The van der Waals surface area contributed by atoms with Crippen LogP contribution in [0.1, 0.15) is 26.7 Å². The smallest absolute Gasteiger partial charge is 0.161 e. The Morgan fingerprint density at radius 2 is 2.45 bits per heavy atom. The summed E-state index contributed by atoms with van der Waals surface area (Å²) in [6, 6.07) is 0. The molecule has 62 valence electrons. The van der Waals surface area contributed by atoms with Crippen LogP contribution in [0.2, 0.25) is 0 Å². The third-order valence-electron chi connectivity index (χ3n) is 2.10. The number of epoxide rings is 1. The highest BCUT2D eigenvalue weighted by Crippen LogP contribution is 2.40. The fourth-order valence-electron chi connectivity index (χ4n) is 1.33. The van der Waals surface area contributed by atoms with Gasteiger partial charge in [-0.2, -0.15) is 0 Å². The van der Waals surface area contributed by atoms with E-state index in [1.165, 1.54) is 0 Å². The maximum atomic E-state index is 10.8. The van der Waals surface area contributed by atoms with Gasteiger partial charge in [0.05, 0.1) is 0 Å². The van der Waals surface area contributed by atoms with E-state index in [1.807, 2.05) is 13.0 Å². The molecule has 11 heavy (non-hydrogen) atoms. The summed E-state index contributed by atoms with van der Waals surface area (Å²) in [5.74, 6) is 0.136. The van der Waals surface area contributed by atoms with Crippen LogP contribution in [-0.2, 0) is 9.53 Å². The van der Waals surface area contributed by atoms with Gasteiger partial charge < -0.3 is 4.74 Å². The van der Waals surface area contributed by atoms with E-state index in [1.54, 1.807) is 6.92 Å². The molecular weight excluding hydrogens is 140 g/mol. The maximum absolute atomic E-state index is 10.8. The van der Waals surface area contributed by atoms with E-state index in [0.29, 0.717) is 0 Å². The summed E-state index contributed by atoms with van der Waals surface area (Å²) >= 11 is 0. The molecule has 1 fully saturated rings. The van der Waals surface area contributed by atoms with Crippen molar-refractivity contribution in [3.8, 4) is 0 Å². The summed E-state index contributed by atoms with van der Waals surface area (Å²) in [5.41, 5.74) is -0.181. The second-order valence-electron chi connectivity index (χ2n) is 3.25. The first-order valence-electron chi connectivity index (χ1n) is 3.89. The van der Waals surface area contributed by atoms with Crippen LogP contribution < -0.4 is 0 Å². The van der Waals surface area contributed by atoms with Crippen molar-refractivity contribution in [1.82, 2.24) is 0 Å². The summed E-state index contributed by atoms with van der Waals surface area (Å²) in [4.78, 5) is 10.8. The number of hydrogen-bond donors (Lipinski definition) is 0. The largest absolute Gasteiger partial charge is 0.358 e. The lowest BCUT2D eigenvalue weighted by atomic mass is 10.00. The molecule has 2 nitrogen and oxygen atoms in total. The molecular formula is C9H14O2. The summed E-state index contributed by atoms with van der Waals surface area (Å²) in [7, 11) is 0. The van der Waals surface area contributed by atoms with Crippen molar-refractivity contribution in [3.05, 3.63) is 12.7 Å². The molecule has 2 atom stereocenters. The van der Waals surface area contributed by atoms with Crippen molar-refractivity contribution < 1.29 is 9.53 Å². The Balaban J connectivity index is 2.36. The van der Waals surface area contributed by atoms with Crippen LogP contribution in [0.4, 0.5) is 0 Å². The van der Waals surface area contributed by atoms with Gasteiger partial charge in [-0.1, -0.05) is 6.08 Å². The third kappa shape index (κ3) is 1.69. The van der Waals surface area contributed by atoms with Gasteiger partial charge in [-0.15, -0.1) is 6.58 Å². The van der Waals surface area contributed by atoms with Gasteiger partial charge in [-0.25, -0.2) is 0 Å². The normalized spacial score (nSPS) is 34.9. The molecule has 1 aliphatic heterocycles. The third-order valence-corrected chi connectivity index (χ3v) is 2.10. The second kappa shape index (κ2) is 2.78. The van der Waals surface area contributed by atoms with Gasteiger partial charge in [-0.3, -0.25) is 4.79 Å². The number of rotatable bonds is 4. The Labute approximate surface area is 67.2 Å². The van der Waals surface area contributed by atoms with Crippen LogP contribution in [0.5, 0.6) is 0 Å². The zero-order valence-electron chi connectivity index (χ0n) is 7.09. The molecule has 1 rings (SSSR count). The Hall–Kier alpha value is -0.630. The van der Waals surface area contributed by atoms with E-state index >= 15 is 0 Å². The molecule has 0 amide bonds. The summed E-state index contributed by atoms with van der Waals surface area (Å²) in [6.45, 7) is 7.17. The Kier molecular flexibility index (Phi) is 2.14. The summed E-state index contributed by atoms with van der Waals surface area (Å²) in [6.07, 6.45) is 3.52. The van der Waals surface area contributed by atoms with Gasteiger partial charge in [0.2, 0.25) is 0 Å². The minimum absolute atomic E-state index is 0.136. The number of Topliss-reactive ketones (excluding diaryl/α,β-unsaturated/α-hetero) is 1. The second-order valence-corrected chi connectivity index (χ2v) is 3.25. The number of carbonyl (C=O) groups excluding carboxylic acids is 1. The van der Waals surface area contributed by atoms with Crippen LogP contribution >= 0.6 is 0 Å². The molecule has 1 aliphatic rings. The molecule has 0 spiro atoms. The summed E-state index contributed by atoms with van der Waals surface area (Å²) in [5, 5.41) is 0. The fraction of sp³-hybridized carbons (Fsp3) is 0.667. The lowest BCUT2D eigenvalue weighted by molar-refractivity contribution is -0.118. The molecule has 1 heterocycles. The van der Waals surface area contributed by atoms with Crippen molar-refractivity contribution in [3.63, 3.8) is 0 Å². The molecule has 0 saturated carbocycles. The molecule has 2 heteroatoms. The van der Waals surface area contributed by atoms with Gasteiger partial charge in [0, 0.05) is 0 Å². The first-order chi connectivity index (χ1) is 5.10. The molecule has 0 radical (unpaired) electrons. The zero-order valence-corrected chi connectivity index (χ0v) is 7.09. The molecule has 0 aromatic heterocycles. The fourth-order valence-corrected chi connectivity index (χ4v) is 1.33. The van der Waals surface area contributed by atoms with Gasteiger partial charge in [0.1, 0.15) is 11.7 Å². The van der Waals surface area contributed by atoms with E-state index in [2.05, 4.69) is 6.58 Å². The van der Waals surface area contributed by atoms with E-state index in [0.717, 1.165) is 12.8 Å².